The van der Waals surface area contributed by atoms with Crippen molar-refractivity contribution in [1.82, 2.24) is 4.57 Å². The number of ether oxygens (including phenoxy) is 1. The maximum Gasteiger partial charge on any atom is 0.340 e. The molecule has 2 aromatic rings. The van der Waals surface area contributed by atoms with Crippen LogP contribution in [0.15, 0.2) is 18.2 Å². The first kappa shape index (κ1) is 13.5. The molecule has 1 aromatic heterocycles. The Morgan fingerprint density at radius 3 is 2.79 bits per heavy atom. The molecule has 0 atom stereocenters. The van der Waals surface area contributed by atoms with Gasteiger partial charge in [0.1, 0.15) is 5.75 Å². The highest BCUT2D eigenvalue weighted by atomic mass is 16.5. The van der Waals surface area contributed by atoms with Gasteiger partial charge in [-0.05, 0) is 31.5 Å². The summed E-state index contributed by atoms with van der Waals surface area (Å²) in [5.74, 6) is -0.200. The highest BCUT2D eigenvalue weighted by molar-refractivity contribution is 6.06. The van der Waals surface area contributed by atoms with Crippen LogP contribution in [-0.4, -0.2) is 22.8 Å². The van der Waals surface area contributed by atoms with Crippen molar-refractivity contribution in [1.29, 1.82) is 0 Å². The molecule has 0 radical (unpaired) electrons. The zero-order chi connectivity index (χ0) is 14.0. The molecular weight excluding hydrogens is 242 g/mol. The number of benzene rings is 1. The first-order valence-electron chi connectivity index (χ1n) is 6.50. The predicted octanol–water partition coefficient (Wildman–Crippen LogP) is 3.24. The fraction of sp³-hybridized carbons (Fsp3) is 0.400. The molecule has 1 N–H and O–H groups in total. The van der Waals surface area contributed by atoms with Crippen LogP contribution in [0, 0.1) is 6.92 Å². The lowest BCUT2D eigenvalue weighted by Crippen LogP contribution is -2.05. The van der Waals surface area contributed by atoms with Gasteiger partial charge >= 0.3 is 5.97 Å². The van der Waals surface area contributed by atoms with Gasteiger partial charge in [-0.2, -0.15) is 0 Å². The summed E-state index contributed by atoms with van der Waals surface area (Å²) in [5.41, 5.74) is 2.40. The fourth-order valence-corrected chi connectivity index (χ4v) is 2.43. The Labute approximate surface area is 112 Å². The standard InChI is InChI=1S/C15H19NO3/c1-4-5-8-16-10(2)14(15(18)19-3)12-9-11(17)6-7-13(12)16/h6-7,9,17H,4-5,8H2,1-3H3. The molecule has 4 heteroatoms. The number of aromatic nitrogens is 1. The maximum atomic E-state index is 11.9. The third kappa shape index (κ3) is 2.30. The molecule has 19 heavy (non-hydrogen) atoms. The third-order valence-electron chi connectivity index (χ3n) is 3.43. The fourth-order valence-electron chi connectivity index (χ4n) is 2.43. The number of phenolic OH excluding ortho intramolecular Hbond substituents is 1. The molecule has 0 saturated heterocycles. The van der Waals surface area contributed by atoms with Crippen LogP contribution in [0.3, 0.4) is 0 Å². The Kier molecular flexibility index (Phi) is 3.79. The summed E-state index contributed by atoms with van der Waals surface area (Å²) >= 11 is 0. The molecular formula is C15H19NO3. The summed E-state index contributed by atoms with van der Waals surface area (Å²) in [7, 11) is 1.37. The summed E-state index contributed by atoms with van der Waals surface area (Å²) in [6.07, 6.45) is 2.14. The smallest absolute Gasteiger partial charge is 0.340 e. The second-order valence-electron chi connectivity index (χ2n) is 4.66. The van der Waals surface area contributed by atoms with E-state index in [1.165, 1.54) is 7.11 Å². The first-order chi connectivity index (χ1) is 9.10. The second-order valence-corrected chi connectivity index (χ2v) is 4.66. The second kappa shape index (κ2) is 5.34. The number of unbranched alkanes of at least 4 members (excludes halogenated alkanes) is 1. The third-order valence-corrected chi connectivity index (χ3v) is 3.43. The number of hydrogen-bond acceptors (Lipinski definition) is 3. The minimum Gasteiger partial charge on any atom is -0.508 e. The Morgan fingerprint density at radius 2 is 2.16 bits per heavy atom. The van der Waals surface area contributed by atoms with Crippen molar-refractivity contribution in [2.45, 2.75) is 33.2 Å². The molecule has 0 saturated carbocycles. The van der Waals surface area contributed by atoms with Crippen molar-refractivity contribution in [2.75, 3.05) is 7.11 Å². The first-order valence-corrected chi connectivity index (χ1v) is 6.50. The minimum absolute atomic E-state index is 0.158. The topological polar surface area (TPSA) is 51.5 Å². The van der Waals surface area contributed by atoms with E-state index >= 15 is 0 Å². The van der Waals surface area contributed by atoms with Crippen LogP contribution in [0.4, 0.5) is 0 Å². The predicted molar refractivity (Wildman–Crippen MR) is 74.6 cm³/mol. The van der Waals surface area contributed by atoms with E-state index in [0.29, 0.717) is 5.56 Å². The Morgan fingerprint density at radius 1 is 1.42 bits per heavy atom. The Hall–Kier alpha value is -1.97. The van der Waals surface area contributed by atoms with Crippen LogP contribution in [0.5, 0.6) is 5.75 Å². The molecule has 1 aromatic carbocycles. The van der Waals surface area contributed by atoms with E-state index in [9.17, 15) is 9.90 Å². The number of rotatable bonds is 4. The van der Waals surface area contributed by atoms with Gasteiger partial charge in [0.2, 0.25) is 0 Å². The van der Waals surface area contributed by atoms with E-state index in [1.807, 2.05) is 13.0 Å². The summed E-state index contributed by atoms with van der Waals surface area (Å²) in [4.78, 5) is 11.9. The lowest BCUT2D eigenvalue weighted by molar-refractivity contribution is 0.0602. The number of hydrogen-bond donors (Lipinski definition) is 1. The summed E-state index contributed by atoms with van der Waals surface area (Å²) in [6, 6.07) is 5.11. The maximum absolute atomic E-state index is 11.9. The molecule has 0 fully saturated rings. The molecule has 0 amide bonds. The van der Waals surface area contributed by atoms with Gasteiger partial charge in [-0.1, -0.05) is 13.3 Å². The average Bonchev–Trinajstić information content (AvgIpc) is 2.67. The van der Waals surface area contributed by atoms with E-state index in [2.05, 4.69) is 11.5 Å². The van der Waals surface area contributed by atoms with Crippen molar-refractivity contribution >= 4 is 16.9 Å². The monoisotopic (exact) mass is 261 g/mol. The number of fused-ring (bicyclic) bond motifs is 1. The normalized spacial score (nSPS) is 10.9. The average molecular weight is 261 g/mol. The molecule has 0 aliphatic rings. The van der Waals surface area contributed by atoms with Gasteiger partial charge in [0.15, 0.2) is 0 Å². The summed E-state index contributed by atoms with van der Waals surface area (Å²) < 4.78 is 6.96. The quantitative estimate of drug-likeness (QED) is 0.859. The van der Waals surface area contributed by atoms with E-state index in [-0.39, 0.29) is 11.7 Å². The zero-order valence-electron chi connectivity index (χ0n) is 11.6. The number of nitrogens with zero attached hydrogens (tertiary/aromatic N) is 1. The SMILES string of the molecule is CCCCn1c(C)c(C(=O)OC)c2cc(O)ccc21. The lowest BCUT2D eigenvalue weighted by Gasteiger charge is -2.07. The number of esters is 1. The van der Waals surface area contributed by atoms with Crippen LogP contribution < -0.4 is 0 Å². The highest BCUT2D eigenvalue weighted by Gasteiger charge is 2.20. The van der Waals surface area contributed by atoms with Crippen molar-refractivity contribution in [2.24, 2.45) is 0 Å². The zero-order valence-corrected chi connectivity index (χ0v) is 11.6. The molecule has 0 aliphatic heterocycles. The number of methoxy groups -OCH3 is 1. The van der Waals surface area contributed by atoms with Gasteiger partial charge in [-0.15, -0.1) is 0 Å². The number of carbonyl (C=O) groups is 1. The lowest BCUT2D eigenvalue weighted by atomic mass is 10.1. The number of phenols is 1. The minimum atomic E-state index is -0.358. The molecule has 1 heterocycles. The molecule has 102 valence electrons. The molecule has 0 bridgehead atoms. The van der Waals surface area contributed by atoms with Gasteiger partial charge in [0, 0.05) is 23.1 Å². The van der Waals surface area contributed by atoms with Crippen molar-refractivity contribution in [3.8, 4) is 5.75 Å². The van der Waals surface area contributed by atoms with E-state index in [0.717, 1.165) is 36.0 Å². The molecule has 2 rings (SSSR count). The van der Waals surface area contributed by atoms with Gasteiger partial charge in [0.25, 0.3) is 0 Å². The van der Waals surface area contributed by atoms with E-state index in [4.69, 9.17) is 4.74 Å². The Balaban J connectivity index is 2.68. The van der Waals surface area contributed by atoms with Gasteiger partial charge < -0.3 is 14.4 Å². The van der Waals surface area contributed by atoms with Crippen LogP contribution >= 0.6 is 0 Å². The number of aromatic hydroxyl groups is 1. The molecule has 0 spiro atoms. The van der Waals surface area contributed by atoms with Crippen molar-refractivity contribution in [3.05, 3.63) is 29.5 Å². The van der Waals surface area contributed by atoms with Crippen molar-refractivity contribution < 1.29 is 14.6 Å². The Bertz CT molecular complexity index is 613. The summed E-state index contributed by atoms with van der Waals surface area (Å²) in [5, 5.41) is 10.4. The van der Waals surface area contributed by atoms with Crippen LogP contribution in [0.2, 0.25) is 0 Å². The molecule has 0 aliphatic carbocycles. The van der Waals surface area contributed by atoms with Gasteiger partial charge in [-0.25, -0.2) is 4.79 Å². The molecule has 0 unspecified atom stereocenters. The molecule has 4 nitrogen and oxygen atoms in total. The van der Waals surface area contributed by atoms with Gasteiger partial charge in [-0.3, -0.25) is 0 Å². The van der Waals surface area contributed by atoms with E-state index in [1.54, 1.807) is 12.1 Å². The van der Waals surface area contributed by atoms with Crippen LogP contribution in [-0.2, 0) is 11.3 Å². The van der Waals surface area contributed by atoms with E-state index < -0.39 is 0 Å². The number of aryl methyl sites for hydroxylation is 1. The largest absolute Gasteiger partial charge is 0.508 e. The summed E-state index contributed by atoms with van der Waals surface area (Å²) in [6.45, 7) is 4.91. The number of carbonyl (C=O) groups excluding carboxylic acids is 1. The van der Waals surface area contributed by atoms with Crippen molar-refractivity contribution in [3.63, 3.8) is 0 Å². The van der Waals surface area contributed by atoms with Crippen LogP contribution in [0.25, 0.3) is 10.9 Å². The van der Waals surface area contributed by atoms with Crippen LogP contribution in [0.1, 0.15) is 35.8 Å². The highest BCUT2D eigenvalue weighted by Crippen LogP contribution is 2.29. The van der Waals surface area contributed by atoms with Gasteiger partial charge in [0.05, 0.1) is 12.7 Å².